The van der Waals surface area contributed by atoms with Crippen LogP contribution < -0.4 is 15.0 Å². The van der Waals surface area contributed by atoms with Gasteiger partial charge in [0.25, 0.3) is 0 Å². The second kappa shape index (κ2) is 7.83. The zero-order valence-electron chi connectivity index (χ0n) is 14.7. The molecule has 2 aromatic carbocycles. The number of amides is 2. The minimum Gasteiger partial charge on any atom is -0.494 e. The summed E-state index contributed by atoms with van der Waals surface area (Å²) in [6.07, 6.45) is 1.77. The highest BCUT2D eigenvalue weighted by Crippen LogP contribution is 2.24. The Morgan fingerprint density at radius 1 is 1.20 bits per heavy atom. The van der Waals surface area contributed by atoms with Crippen molar-refractivity contribution in [1.82, 2.24) is 0 Å². The maximum absolute atomic E-state index is 13.0. The molecular weight excluding hydrogens is 314 g/mol. The lowest BCUT2D eigenvalue weighted by atomic mass is 10.2. The Morgan fingerprint density at radius 2 is 1.96 bits per heavy atom. The number of carbonyl (C=O) groups excluding carboxylic acids is 1. The Bertz CT molecular complexity index is 769. The predicted molar refractivity (Wildman–Crippen MR) is 102 cm³/mol. The van der Waals surface area contributed by atoms with Gasteiger partial charge in [0.15, 0.2) is 0 Å². The highest BCUT2D eigenvalue weighted by Gasteiger charge is 2.24. The third kappa shape index (κ3) is 3.99. The van der Waals surface area contributed by atoms with E-state index in [1.54, 1.807) is 4.90 Å². The van der Waals surface area contributed by atoms with Crippen molar-refractivity contribution in [2.45, 2.75) is 26.7 Å². The van der Waals surface area contributed by atoms with Gasteiger partial charge in [-0.2, -0.15) is 0 Å². The van der Waals surface area contributed by atoms with Crippen LogP contribution in [0.4, 0.5) is 16.2 Å². The number of amidine groups is 1. The summed E-state index contributed by atoms with van der Waals surface area (Å²) in [6, 6.07) is 15.1. The number of benzene rings is 2. The van der Waals surface area contributed by atoms with E-state index in [1.807, 2.05) is 62.4 Å². The van der Waals surface area contributed by atoms with Gasteiger partial charge in [-0.25, -0.2) is 4.79 Å². The fourth-order valence-electron chi connectivity index (χ4n) is 2.83. The largest absolute Gasteiger partial charge is 0.494 e. The molecule has 1 heterocycles. The van der Waals surface area contributed by atoms with Gasteiger partial charge in [0.05, 0.1) is 12.3 Å². The standard InChI is InChI=1S/C20H23N3O2/c1-3-25-17-12-10-16(11-13-17)23(19-9-6-14-21-19)20(24)22-18-8-5-4-7-15(18)2/h4-5,7-8,10-13H,3,6,9,14H2,1-2H3,(H,22,24). The number of carbonyl (C=O) groups is 1. The summed E-state index contributed by atoms with van der Waals surface area (Å²) >= 11 is 0. The normalized spacial score (nSPS) is 13.3. The molecule has 0 saturated heterocycles. The maximum Gasteiger partial charge on any atom is 0.331 e. The molecule has 5 heteroatoms. The van der Waals surface area contributed by atoms with Gasteiger partial charge in [0.2, 0.25) is 0 Å². The van der Waals surface area contributed by atoms with Crippen LogP contribution in [-0.4, -0.2) is 25.0 Å². The maximum atomic E-state index is 13.0. The van der Waals surface area contributed by atoms with E-state index in [9.17, 15) is 4.79 Å². The van der Waals surface area contributed by atoms with Crippen molar-refractivity contribution >= 4 is 23.2 Å². The topological polar surface area (TPSA) is 53.9 Å². The van der Waals surface area contributed by atoms with Crippen LogP contribution in [-0.2, 0) is 0 Å². The molecule has 1 aliphatic heterocycles. The van der Waals surface area contributed by atoms with Crippen LogP contribution in [0, 0.1) is 6.92 Å². The quantitative estimate of drug-likeness (QED) is 0.885. The Kier molecular flexibility index (Phi) is 5.33. The van der Waals surface area contributed by atoms with Crippen LogP contribution in [0.25, 0.3) is 0 Å². The second-order valence-corrected chi connectivity index (χ2v) is 5.91. The summed E-state index contributed by atoms with van der Waals surface area (Å²) in [5.74, 6) is 1.59. The molecule has 130 valence electrons. The molecule has 0 aliphatic carbocycles. The van der Waals surface area contributed by atoms with Gasteiger partial charge in [-0.15, -0.1) is 0 Å². The fourth-order valence-corrected chi connectivity index (χ4v) is 2.83. The third-order valence-electron chi connectivity index (χ3n) is 4.11. The number of anilines is 2. The van der Waals surface area contributed by atoms with Gasteiger partial charge >= 0.3 is 6.03 Å². The predicted octanol–water partition coefficient (Wildman–Crippen LogP) is 4.62. The first-order valence-corrected chi connectivity index (χ1v) is 8.62. The number of para-hydroxylation sites is 1. The van der Waals surface area contributed by atoms with Gasteiger partial charge in [0.1, 0.15) is 11.6 Å². The van der Waals surface area contributed by atoms with E-state index in [0.29, 0.717) is 6.61 Å². The molecule has 3 rings (SSSR count). The zero-order valence-corrected chi connectivity index (χ0v) is 14.7. The number of aryl methyl sites for hydroxylation is 1. The summed E-state index contributed by atoms with van der Waals surface area (Å²) in [5, 5.41) is 3.00. The number of ether oxygens (including phenoxy) is 1. The average Bonchev–Trinajstić information content (AvgIpc) is 3.13. The van der Waals surface area contributed by atoms with E-state index in [4.69, 9.17) is 4.74 Å². The van der Waals surface area contributed by atoms with Crippen LogP contribution in [0.2, 0.25) is 0 Å². The van der Waals surface area contributed by atoms with Crippen LogP contribution in [0.1, 0.15) is 25.3 Å². The number of nitrogens with one attached hydrogen (secondary N) is 1. The highest BCUT2D eigenvalue weighted by atomic mass is 16.5. The first-order valence-electron chi connectivity index (χ1n) is 8.62. The molecule has 2 amide bonds. The Labute approximate surface area is 148 Å². The van der Waals surface area contributed by atoms with Gasteiger partial charge in [-0.3, -0.25) is 9.89 Å². The molecule has 1 aliphatic rings. The van der Waals surface area contributed by atoms with E-state index >= 15 is 0 Å². The minimum atomic E-state index is -0.195. The molecule has 5 nitrogen and oxygen atoms in total. The van der Waals surface area contributed by atoms with Gasteiger partial charge in [-0.05, 0) is 56.2 Å². The SMILES string of the molecule is CCOc1ccc(N(C(=O)Nc2ccccc2C)C2=NCCC2)cc1. The summed E-state index contributed by atoms with van der Waals surface area (Å²) < 4.78 is 5.49. The van der Waals surface area contributed by atoms with Crippen LogP contribution in [0.3, 0.4) is 0 Å². The highest BCUT2D eigenvalue weighted by molar-refractivity contribution is 6.20. The van der Waals surface area contributed by atoms with E-state index in [0.717, 1.165) is 47.9 Å². The van der Waals surface area contributed by atoms with Crippen LogP contribution in [0.15, 0.2) is 53.5 Å². The lowest BCUT2D eigenvalue weighted by Gasteiger charge is -2.24. The molecule has 0 radical (unpaired) electrons. The number of rotatable bonds is 4. The van der Waals surface area contributed by atoms with Crippen LogP contribution >= 0.6 is 0 Å². The molecule has 1 N–H and O–H groups in total. The van der Waals surface area contributed by atoms with Crippen molar-refractivity contribution < 1.29 is 9.53 Å². The summed E-state index contributed by atoms with van der Waals surface area (Å²) in [5.41, 5.74) is 2.62. The van der Waals surface area contributed by atoms with Gasteiger partial charge < -0.3 is 10.1 Å². The van der Waals surface area contributed by atoms with E-state index in [1.165, 1.54) is 0 Å². The number of nitrogens with zero attached hydrogens (tertiary/aromatic N) is 2. The van der Waals surface area contributed by atoms with Crippen molar-refractivity contribution in [2.24, 2.45) is 4.99 Å². The Balaban J connectivity index is 1.87. The van der Waals surface area contributed by atoms with Gasteiger partial charge in [0, 0.05) is 18.7 Å². The second-order valence-electron chi connectivity index (χ2n) is 5.91. The molecule has 0 unspecified atom stereocenters. The molecule has 0 spiro atoms. The zero-order chi connectivity index (χ0) is 17.6. The molecular formula is C20H23N3O2. The van der Waals surface area contributed by atoms with E-state index in [-0.39, 0.29) is 6.03 Å². The molecule has 0 bridgehead atoms. The number of hydrogen-bond acceptors (Lipinski definition) is 3. The first-order chi connectivity index (χ1) is 12.2. The summed E-state index contributed by atoms with van der Waals surface area (Å²) in [4.78, 5) is 19.1. The number of urea groups is 1. The van der Waals surface area contributed by atoms with E-state index in [2.05, 4.69) is 10.3 Å². The molecule has 0 atom stereocenters. The van der Waals surface area contributed by atoms with Gasteiger partial charge in [-0.1, -0.05) is 18.2 Å². The van der Waals surface area contributed by atoms with Crippen molar-refractivity contribution in [3.8, 4) is 5.75 Å². The third-order valence-corrected chi connectivity index (χ3v) is 4.11. The molecule has 0 fully saturated rings. The van der Waals surface area contributed by atoms with E-state index < -0.39 is 0 Å². The molecule has 0 aromatic heterocycles. The lowest BCUT2D eigenvalue weighted by Crippen LogP contribution is -2.39. The Hall–Kier alpha value is -2.82. The monoisotopic (exact) mass is 337 g/mol. The molecule has 25 heavy (non-hydrogen) atoms. The molecule has 2 aromatic rings. The summed E-state index contributed by atoms with van der Waals surface area (Å²) in [6.45, 7) is 5.30. The van der Waals surface area contributed by atoms with Crippen molar-refractivity contribution in [3.05, 3.63) is 54.1 Å². The number of hydrogen-bond donors (Lipinski definition) is 1. The Morgan fingerprint density at radius 3 is 2.60 bits per heavy atom. The fraction of sp³-hybridized carbons (Fsp3) is 0.300. The van der Waals surface area contributed by atoms with Crippen molar-refractivity contribution in [1.29, 1.82) is 0 Å². The van der Waals surface area contributed by atoms with Crippen LogP contribution in [0.5, 0.6) is 5.75 Å². The van der Waals surface area contributed by atoms with Crippen molar-refractivity contribution in [2.75, 3.05) is 23.4 Å². The average molecular weight is 337 g/mol. The summed E-state index contributed by atoms with van der Waals surface area (Å²) in [7, 11) is 0. The minimum absolute atomic E-state index is 0.195. The first kappa shape index (κ1) is 17.0. The van der Waals surface area contributed by atoms with Crippen molar-refractivity contribution in [3.63, 3.8) is 0 Å². The smallest absolute Gasteiger partial charge is 0.331 e. The lowest BCUT2D eigenvalue weighted by molar-refractivity contribution is 0.259. The number of aliphatic imine (C=N–C) groups is 1. The molecule has 0 saturated carbocycles.